The average Bonchev–Trinajstić information content (AvgIpc) is 2.84. The van der Waals surface area contributed by atoms with Crippen molar-refractivity contribution in [2.24, 2.45) is 0 Å². The van der Waals surface area contributed by atoms with Crippen LogP contribution in [0, 0.1) is 5.82 Å². The topological polar surface area (TPSA) is 50.4 Å². The van der Waals surface area contributed by atoms with E-state index in [-0.39, 0.29) is 5.82 Å². The molecule has 0 heterocycles. The largest absolute Gasteiger partial charge is 0.444 e. The number of carbonyl (C=O) groups is 1. The van der Waals surface area contributed by atoms with Gasteiger partial charge in [-0.1, -0.05) is 12.8 Å². The molecule has 21 heavy (non-hydrogen) atoms. The van der Waals surface area contributed by atoms with Crippen LogP contribution in [0.4, 0.5) is 20.6 Å². The molecule has 1 aliphatic rings. The summed E-state index contributed by atoms with van der Waals surface area (Å²) < 4.78 is 19.0. The maximum atomic E-state index is 13.8. The minimum absolute atomic E-state index is 0.309. The molecule has 0 aliphatic heterocycles. The van der Waals surface area contributed by atoms with Crippen molar-refractivity contribution >= 4 is 17.5 Å². The van der Waals surface area contributed by atoms with Crippen LogP contribution in [0.3, 0.4) is 0 Å². The second kappa shape index (κ2) is 6.33. The third-order valence-electron chi connectivity index (χ3n) is 3.33. The molecule has 0 bridgehead atoms. The second-order valence-electron chi connectivity index (χ2n) is 6.45. The Hall–Kier alpha value is -1.78. The van der Waals surface area contributed by atoms with Crippen LogP contribution >= 0.6 is 0 Å². The number of hydrogen-bond acceptors (Lipinski definition) is 3. The van der Waals surface area contributed by atoms with Crippen LogP contribution in [0.1, 0.15) is 46.5 Å². The van der Waals surface area contributed by atoms with Crippen LogP contribution in [-0.2, 0) is 4.74 Å². The highest BCUT2D eigenvalue weighted by molar-refractivity contribution is 5.85. The van der Waals surface area contributed by atoms with E-state index in [9.17, 15) is 9.18 Å². The molecular weight excluding hydrogens is 271 g/mol. The molecule has 4 nitrogen and oxygen atoms in total. The molecule has 2 rings (SSSR count). The fourth-order valence-electron chi connectivity index (χ4n) is 2.43. The molecule has 0 saturated heterocycles. The summed E-state index contributed by atoms with van der Waals surface area (Å²) in [6.07, 6.45) is 3.93. The van der Waals surface area contributed by atoms with Gasteiger partial charge >= 0.3 is 6.09 Å². The third-order valence-corrected chi connectivity index (χ3v) is 3.33. The van der Waals surface area contributed by atoms with Crippen LogP contribution in [0.5, 0.6) is 0 Å². The summed E-state index contributed by atoms with van der Waals surface area (Å²) >= 11 is 0. The number of halogens is 1. The minimum atomic E-state index is -0.560. The van der Waals surface area contributed by atoms with Gasteiger partial charge in [0.1, 0.15) is 11.4 Å². The first-order valence-electron chi connectivity index (χ1n) is 7.39. The minimum Gasteiger partial charge on any atom is -0.444 e. The zero-order valence-corrected chi connectivity index (χ0v) is 12.8. The third kappa shape index (κ3) is 4.92. The van der Waals surface area contributed by atoms with Crippen molar-refractivity contribution in [3.63, 3.8) is 0 Å². The molecular formula is C16H23FN2O2. The Bertz CT molecular complexity index is 505. The van der Waals surface area contributed by atoms with Gasteiger partial charge in [0.05, 0.1) is 5.69 Å². The lowest BCUT2D eigenvalue weighted by atomic mass is 10.2. The van der Waals surface area contributed by atoms with E-state index in [1.54, 1.807) is 26.8 Å². The predicted octanol–water partition coefficient (Wildman–Crippen LogP) is 4.53. The molecule has 116 valence electrons. The number of rotatable bonds is 3. The number of ether oxygens (including phenoxy) is 1. The van der Waals surface area contributed by atoms with Gasteiger partial charge in [-0.25, -0.2) is 9.18 Å². The molecule has 0 spiro atoms. The molecule has 1 aromatic carbocycles. The fourth-order valence-corrected chi connectivity index (χ4v) is 2.43. The van der Waals surface area contributed by atoms with Crippen molar-refractivity contribution in [2.45, 2.75) is 58.1 Å². The van der Waals surface area contributed by atoms with Crippen molar-refractivity contribution in [1.29, 1.82) is 0 Å². The van der Waals surface area contributed by atoms with Crippen molar-refractivity contribution in [2.75, 3.05) is 10.6 Å². The van der Waals surface area contributed by atoms with E-state index in [0.717, 1.165) is 12.8 Å². The van der Waals surface area contributed by atoms with Crippen LogP contribution in [0.2, 0.25) is 0 Å². The van der Waals surface area contributed by atoms with Gasteiger partial charge < -0.3 is 10.1 Å². The van der Waals surface area contributed by atoms with Gasteiger partial charge in [-0.3, -0.25) is 5.32 Å². The Morgan fingerprint density at radius 1 is 1.29 bits per heavy atom. The molecule has 1 fully saturated rings. The van der Waals surface area contributed by atoms with E-state index in [2.05, 4.69) is 10.6 Å². The first-order chi connectivity index (χ1) is 9.83. The Labute approximate surface area is 125 Å². The highest BCUT2D eigenvalue weighted by atomic mass is 19.1. The molecule has 1 aliphatic carbocycles. The summed E-state index contributed by atoms with van der Waals surface area (Å²) in [5.74, 6) is -0.309. The predicted molar refractivity (Wildman–Crippen MR) is 82.1 cm³/mol. The molecule has 1 aromatic rings. The highest BCUT2D eigenvalue weighted by Gasteiger charge is 2.18. The summed E-state index contributed by atoms with van der Waals surface area (Å²) in [7, 11) is 0. The first-order valence-corrected chi connectivity index (χ1v) is 7.39. The van der Waals surface area contributed by atoms with Crippen molar-refractivity contribution in [3.8, 4) is 0 Å². The smallest absolute Gasteiger partial charge is 0.412 e. The van der Waals surface area contributed by atoms with Gasteiger partial charge in [0.2, 0.25) is 0 Å². The second-order valence-corrected chi connectivity index (χ2v) is 6.45. The van der Waals surface area contributed by atoms with E-state index in [1.165, 1.54) is 25.0 Å². The number of carbonyl (C=O) groups excluding carboxylic acids is 1. The van der Waals surface area contributed by atoms with Gasteiger partial charge in [0.25, 0.3) is 0 Å². The van der Waals surface area contributed by atoms with Gasteiger partial charge in [0.15, 0.2) is 0 Å². The van der Waals surface area contributed by atoms with Gasteiger partial charge in [-0.15, -0.1) is 0 Å². The summed E-state index contributed by atoms with van der Waals surface area (Å²) in [5.41, 5.74) is 0.385. The average molecular weight is 294 g/mol. The molecule has 2 N–H and O–H groups in total. The lowest BCUT2D eigenvalue weighted by Gasteiger charge is -2.20. The van der Waals surface area contributed by atoms with Crippen LogP contribution in [0.25, 0.3) is 0 Å². The van der Waals surface area contributed by atoms with Gasteiger partial charge in [0, 0.05) is 11.7 Å². The number of nitrogens with one attached hydrogen (secondary N) is 2. The summed E-state index contributed by atoms with van der Waals surface area (Å²) in [6.45, 7) is 5.39. The van der Waals surface area contributed by atoms with Gasteiger partial charge in [-0.2, -0.15) is 0 Å². The number of anilines is 2. The Balaban J connectivity index is 2.02. The summed E-state index contributed by atoms with van der Waals surface area (Å²) in [6, 6.07) is 4.80. The van der Waals surface area contributed by atoms with E-state index in [0.29, 0.717) is 17.4 Å². The van der Waals surface area contributed by atoms with E-state index >= 15 is 0 Å². The number of benzene rings is 1. The SMILES string of the molecule is CC(C)(C)OC(=O)Nc1ccc(F)c(NC2CCCC2)c1. The summed E-state index contributed by atoms with van der Waals surface area (Å²) in [5, 5.41) is 5.83. The quantitative estimate of drug-likeness (QED) is 0.861. The van der Waals surface area contributed by atoms with E-state index < -0.39 is 11.7 Å². The van der Waals surface area contributed by atoms with Gasteiger partial charge in [-0.05, 0) is 51.8 Å². The van der Waals surface area contributed by atoms with Crippen molar-refractivity contribution in [1.82, 2.24) is 0 Å². The number of hydrogen-bond donors (Lipinski definition) is 2. The van der Waals surface area contributed by atoms with Crippen molar-refractivity contribution in [3.05, 3.63) is 24.0 Å². The monoisotopic (exact) mass is 294 g/mol. The van der Waals surface area contributed by atoms with Crippen LogP contribution in [-0.4, -0.2) is 17.7 Å². The molecule has 0 unspecified atom stereocenters. The van der Waals surface area contributed by atoms with Crippen molar-refractivity contribution < 1.29 is 13.9 Å². The lowest BCUT2D eigenvalue weighted by Crippen LogP contribution is -2.27. The standard InChI is InChI=1S/C16H23FN2O2/c1-16(2,3)21-15(20)19-12-8-9-13(17)14(10-12)18-11-6-4-5-7-11/h8-11,18H,4-7H2,1-3H3,(H,19,20). The molecule has 1 saturated carbocycles. The molecule has 5 heteroatoms. The van der Waals surface area contributed by atoms with E-state index in [1.807, 2.05) is 0 Å². The highest BCUT2D eigenvalue weighted by Crippen LogP contribution is 2.26. The molecule has 1 amide bonds. The van der Waals surface area contributed by atoms with E-state index in [4.69, 9.17) is 4.74 Å². The maximum Gasteiger partial charge on any atom is 0.412 e. The number of amides is 1. The summed E-state index contributed by atoms with van der Waals surface area (Å²) in [4.78, 5) is 11.7. The van der Waals surface area contributed by atoms with Crippen LogP contribution < -0.4 is 10.6 Å². The molecule has 0 aromatic heterocycles. The fraction of sp³-hybridized carbons (Fsp3) is 0.562. The maximum absolute atomic E-state index is 13.8. The molecule has 0 radical (unpaired) electrons. The Kier molecular flexibility index (Phi) is 4.70. The first kappa shape index (κ1) is 15.6. The normalized spacial score (nSPS) is 15.8. The zero-order chi connectivity index (χ0) is 15.5. The zero-order valence-electron chi connectivity index (χ0n) is 12.8. The lowest BCUT2D eigenvalue weighted by molar-refractivity contribution is 0.0636. The Morgan fingerprint density at radius 2 is 1.95 bits per heavy atom. The van der Waals surface area contributed by atoms with Crippen LogP contribution in [0.15, 0.2) is 18.2 Å². The Morgan fingerprint density at radius 3 is 2.57 bits per heavy atom. The molecule has 0 atom stereocenters.